The minimum Gasteiger partial charge on any atom is -0.369 e. The van der Waals surface area contributed by atoms with Gasteiger partial charge in [0, 0.05) is 5.25 Å². The number of H-pyrrole nitrogens is 1. The van der Waals surface area contributed by atoms with Crippen LogP contribution in [-0.2, 0) is 0 Å². The number of nitrogens with zero attached hydrogens (tertiary/aromatic N) is 2. The van der Waals surface area contributed by atoms with Gasteiger partial charge in [0.25, 0.3) is 0 Å². The maximum atomic E-state index is 5.77. The van der Waals surface area contributed by atoms with E-state index < -0.39 is 0 Å². The predicted molar refractivity (Wildman–Crippen MR) is 122 cm³/mol. The number of rotatable bonds is 16. The van der Waals surface area contributed by atoms with Gasteiger partial charge in [0.1, 0.15) is 0 Å². The number of aromatic nitrogens is 3. The fraction of sp³-hybridized carbons (Fsp3) is 0.762. The first-order valence-electron chi connectivity index (χ1n) is 10.7. The molecule has 0 aliphatic rings. The summed E-state index contributed by atoms with van der Waals surface area (Å²) in [4.78, 5) is 11.4. The fourth-order valence-electron chi connectivity index (χ4n) is 3.03. The normalized spacial score (nSPS) is 12.7. The van der Waals surface area contributed by atoms with Crippen molar-refractivity contribution in [3.63, 3.8) is 0 Å². The van der Waals surface area contributed by atoms with Crippen LogP contribution in [0.3, 0.4) is 0 Å². The monoisotopic (exact) mass is 410 g/mol. The van der Waals surface area contributed by atoms with Gasteiger partial charge < -0.3 is 10.7 Å². The number of thioether (sulfide) groups is 1. The highest BCUT2D eigenvalue weighted by molar-refractivity contribution is 7.99. The number of aromatic amines is 1. The van der Waals surface area contributed by atoms with Gasteiger partial charge in [-0.15, -0.1) is 0 Å². The van der Waals surface area contributed by atoms with Crippen LogP contribution in [0.15, 0.2) is 17.3 Å². The molecule has 4 nitrogen and oxygen atoms in total. The first-order valence-corrected chi connectivity index (χ1v) is 12.0. The molecule has 0 spiro atoms. The lowest BCUT2D eigenvalue weighted by molar-refractivity contribution is 0.609. The summed E-state index contributed by atoms with van der Waals surface area (Å²) in [6.07, 6.45) is 21.4. The summed E-state index contributed by atoms with van der Waals surface area (Å²) >= 11 is 6.84. The second kappa shape index (κ2) is 16.1. The van der Waals surface area contributed by atoms with Crippen LogP contribution in [-0.4, -0.2) is 20.2 Å². The number of hydrogen-bond donors (Lipinski definition) is 2. The van der Waals surface area contributed by atoms with Crippen LogP contribution in [0.5, 0.6) is 0 Å². The van der Waals surface area contributed by atoms with E-state index in [4.69, 9.17) is 18.0 Å². The molecule has 0 saturated heterocycles. The van der Waals surface area contributed by atoms with E-state index in [0.29, 0.717) is 21.1 Å². The molecule has 1 aromatic heterocycles. The van der Waals surface area contributed by atoms with Crippen LogP contribution < -0.4 is 5.73 Å². The molecule has 27 heavy (non-hydrogen) atoms. The maximum Gasteiger partial charge on any atom is 0.202 e. The van der Waals surface area contributed by atoms with Gasteiger partial charge in [-0.25, -0.2) is 0 Å². The number of allylic oxidation sites excluding steroid dienone is 2. The molecule has 1 heterocycles. The Morgan fingerprint density at radius 3 is 2.33 bits per heavy atom. The van der Waals surface area contributed by atoms with Crippen molar-refractivity contribution >= 4 is 29.9 Å². The number of nitrogens with one attached hydrogen (secondary N) is 1. The van der Waals surface area contributed by atoms with Gasteiger partial charge in [0.2, 0.25) is 10.7 Å². The summed E-state index contributed by atoms with van der Waals surface area (Å²) in [7, 11) is 0. The Labute approximate surface area is 175 Å². The molecule has 0 amide bonds. The molecule has 0 bridgehead atoms. The molecule has 0 aliphatic heterocycles. The molecule has 0 radical (unpaired) electrons. The predicted octanol–water partition coefficient (Wildman–Crippen LogP) is 7.24. The lowest BCUT2D eigenvalue weighted by atomic mass is 10.1. The Bertz CT molecular complexity index is 572. The molecule has 0 fully saturated rings. The average Bonchev–Trinajstić information content (AvgIpc) is 2.62. The first kappa shape index (κ1) is 24.2. The molecule has 3 N–H and O–H groups in total. The zero-order valence-electron chi connectivity index (χ0n) is 17.2. The highest BCUT2D eigenvalue weighted by Crippen LogP contribution is 2.28. The van der Waals surface area contributed by atoms with Crippen molar-refractivity contribution in [2.75, 3.05) is 5.73 Å². The smallest absolute Gasteiger partial charge is 0.202 e. The van der Waals surface area contributed by atoms with E-state index in [1.807, 2.05) is 0 Å². The van der Waals surface area contributed by atoms with Gasteiger partial charge in [-0.3, -0.25) is 0 Å². The summed E-state index contributed by atoms with van der Waals surface area (Å²) in [5.41, 5.74) is 5.77. The van der Waals surface area contributed by atoms with Crippen LogP contribution in [0.25, 0.3) is 0 Å². The fourth-order valence-corrected chi connectivity index (χ4v) is 4.41. The second-order valence-electron chi connectivity index (χ2n) is 7.16. The molecule has 0 saturated carbocycles. The Balaban J connectivity index is 2.34. The summed E-state index contributed by atoms with van der Waals surface area (Å²) < 4.78 is 0.413. The molecule has 1 rings (SSSR count). The van der Waals surface area contributed by atoms with Crippen LogP contribution in [0, 0.1) is 4.77 Å². The summed E-state index contributed by atoms with van der Waals surface area (Å²) in [5.74, 6) is 0.351. The lowest BCUT2D eigenvalue weighted by Gasteiger charge is -2.14. The van der Waals surface area contributed by atoms with E-state index in [2.05, 4.69) is 41.0 Å². The quantitative estimate of drug-likeness (QED) is 0.130. The minimum absolute atomic E-state index is 0.351. The third-order valence-electron chi connectivity index (χ3n) is 4.60. The standard InChI is InChI=1S/C21H38N4S2/c1-3-5-7-8-9-10-11-12-13-15-17-18(16-14-6-4-2)27-21-24-19(22)23-20(26)25-21/h12-13,18H,3-11,14-17H2,1-2H3,(H3,22,23,24,25,26)/b13-12-. The highest BCUT2D eigenvalue weighted by Gasteiger charge is 2.12. The molecule has 1 unspecified atom stereocenters. The van der Waals surface area contributed by atoms with Crippen molar-refractivity contribution < 1.29 is 0 Å². The molecule has 1 aromatic rings. The number of anilines is 1. The van der Waals surface area contributed by atoms with Crippen molar-refractivity contribution in [1.82, 2.24) is 15.0 Å². The van der Waals surface area contributed by atoms with Gasteiger partial charge >= 0.3 is 0 Å². The highest BCUT2D eigenvalue weighted by atomic mass is 32.2. The first-order chi connectivity index (χ1) is 13.2. The Kier molecular flexibility index (Phi) is 14.4. The van der Waals surface area contributed by atoms with Gasteiger partial charge in [0.15, 0.2) is 5.16 Å². The average molecular weight is 411 g/mol. The molecular formula is C21H38N4S2. The molecule has 6 heteroatoms. The Morgan fingerprint density at radius 2 is 1.59 bits per heavy atom. The number of nitrogen functional groups attached to an aromatic ring is 1. The van der Waals surface area contributed by atoms with E-state index in [1.54, 1.807) is 11.8 Å². The number of unbranched alkanes of at least 4 members (excludes halogenated alkanes) is 8. The lowest BCUT2D eigenvalue weighted by Crippen LogP contribution is -2.06. The van der Waals surface area contributed by atoms with Crippen molar-refractivity contribution in [3.8, 4) is 0 Å². The minimum atomic E-state index is 0.351. The molecule has 1 atom stereocenters. The molecule has 0 aromatic carbocycles. The van der Waals surface area contributed by atoms with Crippen molar-refractivity contribution in [1.29, 1.82) is 0 Å². The Morgan fingerprint density at radius 1 is 0.926 bits per heavy atom. The third kappa shape index (κ3) is 13.0. The van der Waals surface area contributed by atoms with E-state index in [0.717, 1.165) is 12.8 Å². The largest absolute Gasteiger partial charge is 0.369 e. The summed E-state index contributed by atoms with van der Waals surface area (Å²) in [6, 6.07) is 0. The SMILES string of the molecule is CCCCCCCC/C=C\CCC(CCCCC)Sc1nc(N)[nH]c(=S)n1. The summed E-state index contributed by atoms with van der Waals surface area (Å²) in [6.45, 7) is 4.51. The summed E-state index contributed by atoms with van der Waals surface area (Å²) in [5, 5.41) is 1.22. The topological polar surface area (TPSA) is 67.6 Å². The maximum absolute atomic E-state index is 5.77. The van der Waals surface area contributed by atoms with Gasteiger partial charge in [0.05, 0.1) is 0 Å². The van der Waals surface area contributed by atoms with Gasteiger partial charge in [-0.1, -0.05) is 89.1 Å². The van der Waals surface area contributed by atoms with Crippen molar-refractivity contribution in [2.24, 2.45) is 0 Å². The van der Waals surface area contributed by atoms with E-state index in [9.17, 15) is 0 Å². The zero-order valence-corrected chi connectivity index (χ0v) is 18.8. The van der Waals surface area contributed by atoms with Crippen LogP contribution in [0.1, 0.15) is 97.3 Å². The zero-order chi connectivity index (χ0) is 19.7. The third-order valence-corrected chi connectivity index (χ3v) is 5.99. The molecular weight excluding hydrogens is 372 g/mol. The Hall–Kier alpha value is -0.880. The van der Waals surface area contributed by atoms with Gasteiger partial charge in [-0.05, 0) is 44.3 Å². The number of nitrogens with two attached hydrogens (primary N) is 1. The second-order valence-corrected chi connectivity index (χ2v) is 8.82. The van der Waals surface area contributed by atoms with Crippen molar-refractivity contribution in [3.05, 3.63) is 16.9 Å². The van der Waals surface area contributed by atoms with E-state index in [-0.39, 0.29) is 0 Å². The van der Waals surface area contributed by atoms with Crippen LogP contribution >= 0.6 is 24.0 Å². The number of hydrogen-bond acceptors (Lipinski definition) is 5. The van der Waals surface area contributed by atoms with Crippen LogP contribution in [0.2, 0.25) is 0 Å². The molecule has 154 valence electrons. The van der Waals surface area contributed by atoms with Crippen LogP contribution in [0.4, 0.5) is 5.95 Å². The van der Waals surface area contributed by atoms with Crippen molar-refractivity contribution in [2.45, 2.75) is 108 Å². The molecule has 0 aliphatic carbocycles. The van der Waals surface area contributed by atoms with Gasteiger partial charge in [-0.2, -0.15) is 9.97 Å². The van der Waals surface area contributed by atoms with E-state index in [1.165, 1.54) is 70.6 Å². The van der Waals surface area contributed by atoms with E-state index >= 15 is 0 Å².